The molecule has 10 heteroatoms. The van der Waals surface area contributed by atoms with Gasteiger partial charge in [0, 0.05) is 49.6 Å². The van der Waals surface area contributed by atoms with E-state index in [0.29, 0.717) is 39.8 Å². The van der Waals surface area contributed by atoms with Crippen LogP contribution < -0.4 is 15.5 Å². The van der Waals surface area contributed by atoms with Crippen LogP contribution in [-0.2, 0) is 9.59 Å². The molecular weight excluding hydrogens is 515 g/mol. The summed E-state index contributed by atoms with van der Waals surface area (Å²) in [5.41, 5.74) is 3.23. The Morgan fingerprint density at radius 3 is 2.40 bits per heavy atom. The molecule has 1 fully saturated rings. The Morgan fingerprint density at radius 2 is 1.77 bits per heavy atom. The van der Waals surface area contributed by atoms with E-state index in [1.807, 2.05) is 36.4 Å². The molecule has 1 aromatic heterocycles. The third-order valence-electron chi connectivity index (χ3n) is 6.82. The average Bonchev–Trinajstić information content (AvgIpc) is 3.49. The van der Waals surface area contributed by atoms with Gasteiger partial charge in [0.2, 0.25) is 11.8 Å². The van der Waals surface area contributed by atoms with E-state index in [1.165, 1.54) is 38.2 Å². The number of furan rings is 1. The molecule has 0 spiro atoms. The van der Waals surface area contributed by atoms with E-state index in [4.69, 9.17) is 4.42 Å². The van der Waals surface area contributed by atoms with Gasteiger partial charge in [0.1, 0.15) is 17.2 Å². The van der Waals surface area contributed by atoms with Crippen LogP contribution in [0.5, 0.6) is 0 Å². The Morgan fingerprint density at radius 1 is 1.05 bits per heavy atom. The zero-order valence-electron chi connectivity index (χ0n) is 22.0. The Balaban J connectivity index is 1.64. The molecule has 9 nitrogen and oxygen atoms in total. The van der Waals surface area contributed by atoms with Crippen LogP contribution >= 0.6 is 0 Å². The molecule has 0 atom stereocenters. The molecule has 2 N–H and O–H groups in total. The van der Waals surface area contributed by atoms with Gasteiger partial charge in [0.15, 0.2) is 0 Å². The summed E-state index contributed by atoms with van der Waals surface area (Å²) in [6.07, 6.45) is 0.355. The summed E-state index contributed by atoms with van der Waals surface area (Å²) < 4.78 is 19.8. The first kappa shape index (κ1) is 26.6. The van der Waals surface area contributed by atoms with Crippen LogP contribution in [0.1, 0.15) is 23.7 Å². The van der Waals surface area contributed by atoms with Crippen LogP contribution in [0.3, 0.4) is 0 Å². The summed E-state index contributed by atoms with van der Waals surface area (Å²) in [4.78, 5) is 52.7. The highest BCUT2D eigenvalue weighted by Crippen LogP contribution is 2.41. The molecular formula is C30H27FN4O5. The molecule has 2 heterocycles. The molecule has 5 amide bonds. The predicted octanol–water partition coefficient (Wildman–Crippen LogP) is 4.56. The van der Waals surface area contributed by atoms with Gasteiger partial charge in [-0.15, -0.1) is 0 Å². The van der Waals surface area contributed by atoms with E-state index in [2.05, 4.69) is 10.6 Å². The Kier molecular flexibility index (Phi) is 7.33. The van der Waals surface area contributed by atoms with E-state index in [0.717, 1.165) is 10.5 Å². The summed E-state index contributed by atoms with van der Waals surface area (Å²) in [5.74, 6) is -1.07. The van der Waals surface area contributed by atoms with Crippen molar-refractivity contribution in [1.82, 2.24) is 15.5 Å². The Bertz CT molecular complexity index is 1600. The van der Waals surface area contributed by atoms with Gasteiger partial charge in [-0.05, 0) is 42.3 Å². The van der Waals surface area contributed by atoms with Gasteiger partial charge in [-0.25, -0.2) is 9.18 Å². The summed E-state index contributed by atoms with van der Waals surface area (Å²) in [5, 5.41) is 5.68. The fraction of sp³-hybridized carbons (Fsp3) is 0.200. The summed E-state index contributed by atoms with van der Waals surface area (Å²) in [6.45, 7) is 1.79. The first-order valence-corrected chi connectivity index (χ1v) is 12.8. The number of anilines is 1. The van der Waals surface area contributed by atoms with Gasteiger partial charge in [0.05, 0.1) is 17.8 Å². The van der Waals surface area contributed by atoms with Crippen molar-refractivity contribution in [2.75, 3.05) is 31.6 Å². The molecule has 1 saturated heterocycles. The maximum atomic E-state index is 13.6. The zero-order chi connectivity index (χ0) is 28.4. The SMILES string of the molecule is CNC(=O)c1c(-c2ccc(F)cc2)oc2cc(N(CCCN3C(=O)CNC3=O)C(C)=O)c(-c3ccccc3)cc12. The number of fused-ring (bicyclic) bond motifs is 1. The summed E-state index contributed by atoms with van der Waals surface area (Å²) in [7, 11) is 1.52. The molecule has 4 aromatic rings. The molecule has 0 bridgehead atoms. The van der Waals surface area contributed by atoms with Crippen molar-refractivity contribution >= 4 is 40.4 Å². The van der Waals surface area contributed by atoms with Crippen LogP contribution in [0.15, 0.2) is 71.1 Å². The lowest BCUT2D eigenvalue weighted by Crippen LogP contribution is -2.36. The second-order valence-corrected chi connectivity index (χ2v) is 9.35. The molecule has 204 valence electrons. The third kappa shape index (κ3) is 5.03. The monoisotopic (exact) mass is 542 g/mol. The van der Waals surface area contributed by atoms with Gasteiger partial charge in [-0.1, -0.05) is 30.3 Å². The van der Waals surface area contributed by atoms with Crippen LogP contribution in [0, 0.1) is 5.82 Å². The van der Waals surface area contributed by atoms with Crippen molar-refractivity contribution in [3.63, 3.8) is 0 Å². The quantitative estimate of drug-likeness (QED) is 0.317. The number of hydrogen-bond donors (Lipinski definition) is 2. The van der Waals surface area contributed by atoms with E-state index in [1.54, 1.807) is 11.0 Å². The average molecular weight is 543 g/mol. The number of nitrogens with one attached hydrogen (secondary N) is 2. The van der Waals surface area contributed by atoms with Crippen molar-refractivity contribution in [2.24, 2.45) is 0 Å². The molecule has 1 aliphatic heterocycles. The minimum absolute atomic E-state index is 0.0351. The summed E-state index contributed by atoms with van der Waals surface area (Å²) >= 11 is 0. The normalized spacial score (nSPS) is 13.0. The fourth-order valence-corrected chi connectivity index (χ4v) is 4.88. The number of halogens is 1. The van der Waals surface area contributed by atoms with E-state index in [9.17, 15) is 23.6 Å². The van der Waals surface area contributed by atoms with Crippen LogP contribution in [0.2, 0.25) is 0 Å². The van der Waals surface area contributed by atoms with E-state index < -0.39 is 11.8 Å². The smallest absolute Gasteiger partial charge is 0.324 e. The minimum atomic E-state index is -0.448. The number of rotatable bonds is 8. The molecule has 0 unspecified atom stereocenters. The van der Waals surface area contributed by atoms with Gasteiger partial charge < -0.3 is 20.0 Å². The van der Waals surface area contributed by atoms with Crippen molar-refractivity contribution in [3.8, 4) is 22.5 Å². The summed E-state index contributed by atoms with van der Waals surface area (Å²) in [6, 6.07) is 18.2. The lowest BCUT2D eigenvalue weighted by molar-refractivity contribution is -0.125. The second kappa shape index (κ2) is 11.0. The van der Waals surface area contributed by atoms with Crippen molar-refractivity contribution in [3.05, 3.63) is 78.1 Å². The number of urea groups is 1. The highest BCUT2D eigenvalue weighted by molar-refractivity contribution is 6.13. The molecule has 0 radical (unpaired) electrons. The van der Waals surface area contributed by atoms with Crippen molar-refractivity contribution < 1.29 is 28.0 Å². The van der Waals surface area contributed by atoms with Crippen molar-refractivity contribution in [1.29, 1.82) is 0 Å². The predicted molar refractivity (Wildman–Crippen MR) is 148 cm³/mol. The maximum Gasteiger partial charge on any atom is 0.324 e. The number of nitrogens with zero attached hydrogens (tertiary/aromatic N) is 2. The first-order valence-electron chi connectivity index (χ1n) is 12.8. The number of carbonyl (C=O) groups is 4. The second-order valence-electron chi connectivity index (χ2n) is 9.35. The number of hydrogen-bond acceptors (Lipinski definition) is 5. The Labute approximate surface area is 229 Å². The zero-order valence-corrected chi connectivity index (χ0v) is 22.0. The number of benzene rings is 3. The highest BCUT2D eigenvalue weighted by Gasteiger charge is 2.29. The van der Waals surface area contributed by atoms with Crippen molar-refractivity contribution in [2.45, 2.75) is 13.3 Å². The molecule has 3 aromatic carbocycles. The molecule has 40 heavy (non-hydrogen) atoms. The van der Waals surface area contributed by atoms with E-state index >= 15 is 0 Å². The van der Waals surface area contributed by atoms with Gasteiger partial charge in [0.25, 0.3) is 5.91 Å². The van der Waals surface area contributed by atoms with E-state index in [-0.39, 0.29) is 43.1 Å². The molecule has 0 aliphatic carbocycles. The Hall–Kier alpha value is -4.99. The van der Waals surface area contributed by atoms with Gasteiger partial charge in [-0.3, -0.25) is 19.3 Å². The lowest BCUT2D eigenvalue weighted by atomic mass is 9.97. The standard InChI is InChI=1S/C30H27FN4O5/c1-18(36)34(13-6-14-35-26(37)17-33-30(35)39)24-16-25-23(15-22(24)19-7-4-3-5-8-19)27(29(38)32-2)28(40-25)20-9-11-21(31)12-10-20/h3-5,7-12,15-16H,6,13-14,17H2,1-2H3,(H,32,38)(H,33,39). The molecule has 1 aliphatic rings. The number of imide groups is 1. The minimum Gasteiger partial charge on any atom is -0.455 e. The first-order chi connectivity index (χ1) is 19.3. The van der Waals surface area contributed by atoms with Crippen LogP contribution in [0.25, 0.3) is 33.4 Å². The van der Waals surface area contributed by atoms with Crippen LogP contribution in [0.4, 0.5) is 14.9 Å². The van der Waals surface area contributed by atoms with Gasteiger partial charge in [-0.2, -0.15) is 0 Å². The molecule has 5 rings (SSSR count). The topological polar surface area (TPSA) is 112 Å². The largest absolute Gasteiger partial charge is 0.455 e. The number of amides is 5. The highest BCUT2D eigenvalue weighted by atomic mass is 19.1. The number of carbonyl (C=O) groups excluding carboxylic acids is 4. The van der Waals surface area contributed by atoms with Crippen LogP contribution in [-0.4, -0.2) is 55.3 Å². The van der Waals surface area contributed by atoms with Gasteiger partial charge >= 0.3 is 6.03 Å². The lowest BCUT2D eigenvalue weighted by Gasteiger charge is -2.25. The maximum absolute atomic E-state index is 13.6. The third-order valence-corrected chi connectivity index (χ3v) is 6.82. The molecule has 0 saturated carbocycles. The fourth-order valence-electron chi connectivity index (χ4n) is 4.88.